The molecule has 0 bridgehead atoms. The Hall–Kier alpha value is -2.83. The second-order valence-corrected chi connectivity index (χ2v) is 5.71. The Kier molecular flexibility index (Phi) is 5.57. The molecule has 2 amide bonds. The fraction of sp³-hybridized carbons (Fsp3) is 0.353. The van der Waals surface area contributed by atoms with Crippen molar-refractivity contribution in [2.45, 2.75) is 26.8 Å². The van der Waals surface area contributed by atoms with Crippen molar-refractivity contribution in [3.8, 4) is 5.75 Å². The van der Waals surface area contributed by atoms with Gasteiger partial charge in [0.25, 0.3) is 5.91 Å². The van der Waals surface area contributed by atoms with Gasteiger partial charge in [0, 0.05) is 6.07 Å². The lowest BCUT2D eigenvalue weighted by Gasteiger charge is -2.21. The van der Waals surface area contributed by atoms with E-state index in [0.717, 1.165) is 0 Å². The first-order chi connectivity index (χ1) is 11.4. The molecule has 0 radical (unpaired) electrons. The second-order valence-electron chi connectivity index (χ2n) is 5.71. The lowest BCUT2D eigenvalue weighted by Crippen LogP contribution is -2.47. The van der Waals surface area contributed by atoms with Gasteiger partial charge in [0.05, 0.1) is 12.7 Å². The van der Waals surface area contributed by atoms with Crippen molar-refractivity contribution < 1.29 is 18.8 Å². The second kappa shape index (κ2) is 7.63. The van der Waals surface area contributed by atoms with Crippen molar-refractivity contribution in [3.05, 3.63) is 41.7 Å². The number of nitrogens with one attached hydrogen (secondary N) is 2. The summed E-state index contributed by atoms with van der Waals surface area (Å²) >= 11 is 0. The van der Waals surface area contributed by atoms with Gasteiger partial charge in [-0.15, -0.1) is 0 Å². The van der Waals surface area contributed by atoms with Crippen LogP contribution in [0.1, 0.15) is 30.0 Å². The zero-order valence-electron chi connectivity index (χ0n) is 14.1. The van der Waals surface area contributed by atoms with Gasteiger partial charge in [-0.2, -0.15) is 0 Å². The number of carbonyl (C=O) groups is 2. The van der Waals surface area contributed by atoms with E-state index in [1.54, 1.807) is 37.3 Å². The number of aromatic nitrogens is 1. The molecule has 2 rings (SSSR count). The van der Waals surface area contributed by atoms with Crippen molar-refractivity contribution in [2.24, 2.45) is 5.92 Å². The highest BCUT2D eigenvalue weighted by Gasteiger charge is 2.26. The van der Waals surface area contributed by atoms with Gasteiger partial charge in [-0.25, -0.2) is 0 Å². The van der Waals surface area contributed by atoms with Crippen LogP contribution in [-0.2, 0) is 4.79 Å². The number of anilines is 1. The molecular weight excluding hydrogens is 310 g/mol. The molecule has 24 heavy (non-hydrogen) atoms. The monoisotopic (exact) mass is 331 g/mol. The first kappa shape index (κ1) is 17.5. The van der Waals surface area contributed by atoms with Crippen LogP contribution in [0.3, 0.4) is 0 Å². The third kappa shape index (κ3) is 4.13. The van der Waals surface area contributed by atoms with Crippen LogP contribution in [0.4, 0.5) is 5.82 Å². The Balaban J connectivity index is 2.13. The number of amides is 2. The molecule has 7 nitrogen and oxygen atoms in total. The van der Waals surface area contributed by atoms with Crippen LogP contribution in [0.25, 0.3) is 0 Å². The van der Waals surface area contributed by atoms with Crippen LogP contribution < -0.4 is 15.4 Å². The molecule has 0 spiro atoms. The number of carbonyl (C=O) groups excluding carboxylic acids is 2. The zero-order chi connectivity index (χ0) is 17.7. The Morgan fingerprint density at radius 1 is 1.25 bits per heavy atom. The van der Waals surface area contributed by atoms with E-state index in [0.29, 0.717) is 22.9 Å². The summed E-state index contributed by atoms with van der Waals surface area (Å²) in [4.78, 5) is 24.9. The smallest absolute Gasteiger partial charge is 0.255 e. The molecule has 0 saturated carbocycles. The molecule has 128 valence electrons. The van der Waals surface area contributed by atoms with Crippen LogP contribution in [0.5, 0.6) is 5.75 Å². The molecule has 7 heteroatoms. The van der Waals surface area contributed by atoms with Gasteiger partial charge in [-0.3, -0.25) is 9.59 Å². The van der Waals surface area contributed by atoms with E-state index in [-0.39, 0.29) is 17.7 Å². The van der Waals surface area contributed by atoms with Crippen molar-refractivity contribution in [3.63, 3.8) is 0 Å². The van der Waals surface area contributed by atoms with Gasteiger partial charge in [0.2, 0.25) is 5.91 Å². The van der Waals surface area contributed by atoms with E-state index in [2.05, 4.69) is 15.8 Å². The minimum atomic E-state index is -0.723. The van der Waals surface area contributed by atoms with E-state index >= 15 is 0 Å². The number of hydrogen-bond donors (Lipinski definition) is 2. The van der Waals surface area contributed by atoms with E-state index in [1.165, 1.54) is 7.11 Å². The first-order valence-electron chi connectivity index (χ1n) is 7.60. The average molecular weight is 331 g/mol. The third-order valence-corrected chi connectivity index (χ3v) is 3.47. The maximum absolute atomic E-state index is 12.5. The molecule has 0 aliphatic heterocycles. The Labute approximate surface area is 140 Å². The molecule has 2 N–H and O–H groups in total. The maximum atomic E-state index is 12.5. The van der Waals surface area contributed by atoms with Gasteiger partial charge in [-0.05, 0) is 25.0 Å². The predicted molar refractivity (Wildman–Crippen MR) is 89.0 cm³/mol. The van der Waals surface area contributed by atoms with Gasteiger partial charge in [-0.1, -0.05) is 31.1 Å². The van der Waals surface area contributed by atoms with Crippen LogP contribution in [0.15, 0.2) is 34.9 Å². The predicted octanol–water partition coefficient (Wildman–Crippen LogP) is 2.38. The summed E-state index contributed by atoms with van der Waals surface area (Å²) in [6.45, 7) is 5.42. The molecule has 1 aromatic heterocycles. The van der Waals surface area contributed by atoms with E-state index < -0.39 is 6.04 Å². The summed E-state index contributed by atoms with van der Waals surface area (Å²) in [6.07, 6.45) is 0. The molecule has 0 aliphatic rings. The molecule has 1 heterocycles. The van der Waals surface area contributed by atoms with E-state index in [1.807, 2.05) is 13.8 Å². The molecule has 1 atom stereocenters. The molecule has 1 aromatic carbocycles. The maximum Gasteiger partial charge on any atom is 0.255 e. The highest BCUT2D eigenvalue weighted by molar-refractivity contribution is 6.02. The van der Waals surface area contributed by atoms with E-state index in [9.17, 15) is 9.59 Å². The van der Waals surface area contributed by atoms with Crippen LogP contribution in [0.2, 0.25) is 0 Å². The largest absolute Gasteiger partial charge is 0.496 e. The van der Waals surface area contributed by atoms with Crippen molar-refractivity contribution in [2.75, 3.05) is 12.4 Å². The van der Waals surface area contributed by atoms with Crippen LogP contribution >= 0.6 is 0 Å². The van der Waals surface area contributed by atoms with E-state index in [4.69, 9.17) is 9.26 Å². The lowest BCUT2D eigenvalue weighted by atomic mass is 10.0. The molecule has 2 aromatic rings. The summed E-state index contributed by atoms with van der Waals surface area (Å²) in [5.74, 6) is 0.500. The SMILES string of the molecule is COc1ccccc1C(=O)N[C@H](C(=O)Nc1cc(C)on1)C(C)C. The number of nitrogens with zero attached hydrogens (tertiary/aromatic N) is 1. The van der Waals surface area contributed by atoms with Gasteiger partial charge >= 0.3 is 0 Å². The fourth-order valence-electron chi connectivity index (χ4n) is 2.22. The van der Waals surface area contributed by atoms with Crippen molar-refractivity contribution in [1.29, 1.82) is 0 Å². The summed E-state index contributed by atoms with van der Waals surface area (Å²) in [5.41, 5.74) is 0.371. The highest BCUT2D eigenvalue weighted by Crippen LogP contribution is 2.18. The summed E-state index contributed by atoms with van der Waals surface area (Å²) in [6, 6.07) is 7.73. The number of ether oxygens (including phenoxy) is 1. The average Bonchev–Trinajstić information content (AvgIpc) is 2.96. The fourth-order valence-corrected chi connectivity index (χ4v) is 2.22. The standard InChI is InChI=1S/C17H21N3O4/c1-10(2)15(17(22)18-14-9-11(3)24-20-14)19-16(21)12-7-5-6-8-13(12)23-4/h5-10,15H,1-4H3,(H,19,21)(H,18,20,22)/t15-/m0/s1. The Morgan fingerprint density at radius 2 is 1.96 bits per heavy atom. The quantitative estimate of drug-likeness (QED) is 0.847. The summed E-state index contributed by atoms with van der Waals surface area (Å²) in [7, 11) is 1.49. The number of para-hydroxylation sites is 1. The van der Waals surface area contributed by atoms with Gasteiger partial charge in [0.15, 0.2) is 5.82 Å². The third-order valence-electron chi connectivity index (χ3n) is 3.47. The molecule has 0 unspecified atom stereocenters. The number of benzene rings is 1. The van der Waals surface area contributed by atoms with Gasteiger partial charge < -0.3 is 19.9 Å². The number of aryl methyl sites for hydroxylation is 1. The number of rotatable bonds is 6. The number of hydrogen-bond acceptors (Lipinski definition) is 5. The van der Waals surface area contributed by atoms with Crippen LogP contribution in [0, 0.1) is 12.8 Å². The Bertz CT molecular complexity index is 724. The molecule has 0 aliphatic carbocycles. The summed E-state index contributed by atoms with van der Waals surface area (Å²) in [5, 5.41) is 9.11. The number of methoxy groups -OCH3 is 1. The minimum absolute atomic E-state index is 0.114. The normalized spacial score (nSPS) is 11.9. The minimum Gasteiger partial charge on any atom is -0.496 e. The summed E-state index contributed by atoms with van der Waals surface area (Å²) < 4.78 is 10.1. The molecule has 0 fully saturated rings. The lowest BCUT2D eigenvalue weighted by molar-refractivity contribution is -0.118. The highest BCUT2D eigenvalue weighted by atomic mass is 16.5. The zero-order valence-corrected chi connectivity index (χ0v) is 14.1. The van der Waals surface area contributed by atoms with Crippen molar-refractivity contribution >= 4 is 17.6 Å². The van der Waals surface area contributed by atoms with Gasteiger partial charge in [0.1, 0.15) is 17.6 Å². The molecule has 0 saturated heterocycles. The van der Waals surface area contributed by atoms with Crippen LogP contribution in [-0.4, -0.2) is 30.1 Å². The molecular formula is C17H21N3O4. The van der Waals surface area contributed by atoms with Crippen molar-refractivity contribution in [1.82, 2.24) is 10.5 Å². The Morgan fingerprint density at radius 3 is 2.54 bits per heavy atom. The first-order valence-corrected chi connectivity index (χ1v) is 7.60. The topological polar surface area (TPSA) is 93.5 Å².